The van der Waals surface area contributed by atoms with Crippen LogP contribution >= 0.6 is 0 Å². The van der Waals surface area contributed by atoms with Crippen molar-refractivity contribution in [2.24, 2.45) is 5.92 Å². The summed E-state index contributed by atoms with van der Waals surface area (Å²) in [6, 6.07) is 9.40. The Morgan fingerprint density at radius 2 is 2.10 bits per heavy atom. The summed E-state index contributed by atoms with van der Waals surface area (Å²) in [4.78, 5) is 0. The molecule has 2 fully saturated rings. The van der Waals surface area contributed by atoms with Crippen molar-refractivity contribution in [2.45, 2.75) is 70.6 Å². The number of hydrogen-bond donors (Lipinski definition) is 1. The number of ether oxygens (including phenoxy) is 1. The van der Waals surface area contributed by atoms with E-state index in [1.807, 2.05) is 0 Å². The summed E-state index contributed by atoms with van der Waals surface area (Å²) in [7, 11) is 0. The molecule has 0 aromatic heterocycles. The minimum absolute atomic E-state index is 0.431. The fourth-order valence-corrected chi connectivity index (χ4v) is 3.19. The van der Waals surface area contributed by atoms with Gasteiger partial charge >= 0.3 is 0 Å². The van der Waals surface area contributed by atoms with Gasteiger partial charge in [0.15, 0.2) is 0 Å². The van der Waals surface area contributed by atoms with Crippen LogP contribution < -0.4 is 10.1 Å². The maximum absolute atomic E-state index is 6.22. The Morgan fingerprint density at radius 3 is 2.90 bits per heavy atom. The third kappa shape index (κ3) is 3.99. The van der Waals surface area contributed by atoms with Crippen molar-refractivity contribution < 1.29 is 4.74 Å². The molecule has 0 radical (unpaired) electrons. The lowest BCUT2D eigenvalue weighted by Gasteiger charge is -2.29. The minimum Gasteiger partial charge on any atom is -0.490 e. The average Bonchev–Trinajstić information content (AvgIpc) is 3.30. The molecule has 0 aliphatic heterocycles. The fourth-order valence-electron chi connectivity index (χ4n) is 3.19. The van der Waals surface area contributed by atoms with E-state index in [-0.39, 0.29) is 0 Å². The van der Waals surface area contributed by atoms with E-state index < -0.39 is 0 Å². The van der Waals surface area contributed by atoms with E-state index in [4.69, 9.17) is 4.74 Å². The number of rotatable bonds is 6. The molecule has 2 heteroatoms. The lowest BCUT2D eigenvalue weighted by molar-refractivity contribution is 0.122. The smallest absolute Gasteiger partial charge is 0.120 e. The van der Waals surface area contributed by atoms with E-state index >= 15 is 0 Å². The van der Waals surface area contributed by atoms with Crippen molar-refractivity contribution in [3.8, 4) is 5.75 Å². The second-order valence-electron chi connectivity index (χ2n) is 6.48. The zero-order valence-electron chi connectivity index (χ0n) is 12.6. The van der Waals surface area contributed by atoms with Crippen LogP contribution in [0.2, 0.25) is 0 Å². The molecule has 110 valence electrons. The Bertz CT molecular complexity index is 427. The van der Waals surface area contributed by atoms with E-state index in [9.17, 15) is 0 Å². The Labute approximate surface area is 122 Å². The van der Waals surface area contributed by atoms with Crippen molar-refractivity contribution >= 4 is 0 Å². The molecule has 0 amide bonds. The van der Waals surface area contributed by atoms with Crippen LogP contribution in [0.1, 0.15) is 57.4 Å². The van der Waals surface area contributed by atoms with Gasteiger partial charge in [-0.1, -0.05) is 31.9 Å². The van der Waals surface area contributed by atoms with Crippen molar-refractivity contribution in [1.82, 2.24) is 5.32 Å². The molecule has 2 unspecified atom stereocenters. The molecule has 2 atom stereocenters. The van der Waals surface area contributed by atoms with Crippen LogP contribution in [0.3, 0.4) is 0 Å². The fraction of sp³-hybridized carbons (Fsp3) is 0.667. The summed E-state index contributed by atoms with van der Waals surface area (Å²) in [6.07, 6.45) is 9.59. The Morgan fingerprint density at radius 1 is 1.20 bits per heavy atom. The summed E-state index contributed by atoms with van der Waals surface area (Å²) < 4.78 is 6.22. The van der Waals surface area contributed by atoms with Crippen molar-refractivity contribution in [1.29, 1.82) is 0 Å². The van der Waals surface area contributed by atoms with Crippen molar-refractivity contribution in [3.63, 3.8) is 0 Å². The van der Waals surface area contributed by atoms with Crippen molar-refractivity contribution in [3.05, 3.63) is 29.8 Å². The maximum Gasteiger partial charge on any atom is 0.120 e. The normalized spacial score (nSPS) is 26.4. The topological polar surface area (TPSA) is 21.3 Å². The molecule has 0 saturated heterocycles. The third-order valence-electron chi connectivity index (χ3n) is 4.69. The Kier molecular flexibility index (Phi) is 4.62. The third-order valence-corrected chi connectivity index (χ3v) is 4.69. The highest BCUT2D eigenvalue weighted by atomic mass is 16.5. The molecule has 2 saturated carbocycles. The molecule has 1 aromatic rings. The monoisotopic (exact) mass is 273 g/mol. The molecule has 0 heterocycles. The van der Waals surface area contributed by atoms with Gasteiger partial charge in [0.25, 0.3) is 0 Å². The molecule has 2 aliphatic carbocycles. The quantitative estimate of drug-likeness (QED) is 0.835. The van der Waals surface area contributed by atoms with Gasteiger partial charge in [-0.3, -0.25) is 0 Å². The Hall–Kier alpha value is -1.02. The lowest BCUT2D eigenvalue weighted by Crippen LogP contribution is -2.25. The molecule has 2 aliphatic rings. The Balaban J connectivity index is 1.54. The average molecular weight is 273 g/mol. The maximum atomic E-state index is 6.22. The van der Waals surface area contributed by atoms with Crippen LogP contribution in [0.25, 0.3) is 0 Å². The van der Waals surface area contributed by atoms with Crippen LogP contribution in [-0.2, 0) is 6.54 Å². The molecule has 20 heavy (non-hydrogen) atoms. The number of nitrogens with one attached hydrogen (secondary N) is 1. The summed E-state index contributed by atoms with van der Waals surface area (Å²) >= 11 is 0. The van der Waals surface area contributed by atoms with Crippen LogP contribution in [-0.4, -0.2) is 12.1 Å². The first-order chi connectivity index (χ1) is 9.83. The van der Waals surface area contributed by atoms with Gasteiger partial charge in [0.05, 0.1) is 6.10 Å². The largest absolute Gasteiger partial charge is 0.490 e. The van der Waals surface area contributed by atoms with Gasteiger partial charge in [0, 0.05) is 12.6 Å². The predicted molar refractivity (Wildman–Crippen MR) is 83.0 cm³/mol. The lowest BCUT2D eigenvalue weighted by atomic mass is 9.85. The van der Waals surface area contributed by atoms with E-state index in [1.165, 1.54) is 50.5 Å². The SMILES string of the molecule is CCC1CCCC(Oc2cccc(CNC3CC3)c2)C1. The van der Waals surface area contributed by atoms with E-state index in [1.54, 1.807) is 0 Å². The minimum atomic E-state index is 0.431. The van der Waals surface area contributed by atoms with Crippen molar-refractivity contribution in [2.75, 3.05) is 0 Å². The summed E-state index contributed by atoms with van der Waals surface area (Å²) in [5, 5.41) is 3.56. The first-order valence-electron chi connectivity index (χ1n) is 8.32. The molecular weight excluding hydrogens is 246 g/mol. The molecule has 0 bridgehead atoms. The molecule has 2 nitrogen and oxygen atoms in total. The molecule has 3 rings (SSSR count). The van der Waals surface area contributed by atoms with Crippen LogP contribution in [0, 0.1) is 5.92 Å². The van der Waals surface area contributed by atoms with Crippen LogP contribution in [0.15, 0.2) is 24.3 Å². The van der Waals surface area contributed by atoms with Gasteiger partial charge in [-0.25, -0.2) is 0 Å². The molecule has 1 N–H and O–H groups in total. The summed E-state index contributed by atoms with van der Waals surface area (Å²) in [6.45, 7) is 3.28. The zero-order chi connectivity index (χ0) is 13.8. The molecular formula is C18H27NO. The van der Waals surface area contributed by atoms with E-state index in [0.717, 1.165) is 24.3 Å². The molecule has 1 aromatic carbocycles. The highest BCUT2D eigenvalue weighted by Gasteiger charge is 2.22. The van der Waals surface area contributed by atoms with Crippen LogP contribution in [0.5, 0.6) is 5.75 Å². The van der Waals surface area contributed by atoms with Gasteiger partial charge in [0.2, 0.25) is 0 Å². The van der Waals surface area contributed by atoms with Gasteiger partial charge in [-0.15, -0.1) is 0 Å². The van der Waals surface area contributed by atoms with Gasteiger partial charge in [-0.05, 0) is 55.7 Å². The van der Waals surface area contributed by atoms with E-state index in [2.05, 4.69) is 36.5 Å². The standard InChI is InChI=1S/C18H27NO/c1-2-14-5-3-7-17(11-14)20-18-8-4-6-15(12-18)13-19-16-9-10-16/h4,6,8,12,14,16-17,19H,2-3,5,7,9-11,13H2,1H3. The first-order valence-corrected chi connectivity index (χ1v) is 8.32. The summed E-state index contributed by atoms with van der Waals surface area (Å²) in [5.41, 5.74) is 1.34. The number of hydrogen-bond acceptors (Lipinski definition) is 2. The zero-order valence-corrected chi connectivity index (χ0v) is 12.6. The molecule has 0 spiro atoms. The van der Waals surface area contributed by atoms with Gasteiger partial charge in [-0.2, -0.15) is 0 Å². The number of benzene rings is 1. The highest BCUT2D eigenvalue weighted by molar-refractivity contribution is 5.28. The first kappa shape index (κ1) is 13.9. The predicted octanol–water partition coefficient (Wildman–Crippen LogP) is 4.29. The highest BCUT2D eigenvalue weighted by Crippen LogP contribution is 2.30. The second kappa shape index (κ2) is 6.62. The van der Waals surface area contributed by atoms with Gasteiger partial charge in [0.1, 0.15) is 5.75 Å². The second-order valence-corrected chi connectivity index (χ2v) is 6.48. The van der Waals surface area contributed by atoms with Crippen LogP contribution in [0.4, 0.5) is 0 Å². The van der Waals surface area contributed by atoms with E-state index in [0.29, 0.717) is 6.10 Å². The van der Waals surface area contributed by atoms with Gasteiger partial charge < -0.3 is 10.1 Å². The summed E-state index contributed by atoms with van der Waals surface area (Å²) in [5.74, 6) is 1.93.